The van der Waals surface area contributed by atoms with E-state index in [1.807, 2.05) is 0 Å². The molecule has 1 saturated heterocycles. The Bertz CT molecular complexity index is 462. The van der Waals surface area contributed by atoms with Crippen molar-refractivity contribution in [2.75, 3.05) is 13.1 Å². The van der Waals surface area contributed by atoms with Crippen LogP contribution in [-0.2, 0) is 6.54 Å². The van der Waals surface area contributed by atoms with Crippen LogP contribution in [0, 0.1) is 5.41 Å². The van der Waals surface area contributed by atoms with Gasteiger partial charge in [-0.1, -0.05) is 26.7 Å². The minimum absolute atomic E-state index is 0.218. The van der Waals surface area contributed by atoms with Gasteiger partial charge in [-0.05, 0) is 31.3 Å². The number of carbonyl (C=O) groups is 1. The summed E-state index contributed by atoms with van der Waals surface area (Å²) in [5, 5.41) is 9.16. The molecule has 110 valence electrons. The van der Waals surface area contributed by atoms with Crippen LogP contribution in [0.5, 0.6) is 0 Å². The summed E-state index contributed by atoms with van der Waals surface area (Å²) in [7, 11) is 0. The first-order chi connectivity index (χ1) is 9.60. The van der Waals surface area contributed by atoms with Crippen molar-refractivity contribution in [2.24, 2.45) is 5.41 Å². The van der Waals surface area contributed by atoms with Crippen molar-refractivity contribution in [3.63, 3.8) is 0 Å². The molecule has 0 unspecified atom stereocenters. The summed E-state index contributed by atoms with van der Waals surface area (Å²) in [6.45, 7) is 7.18. The lowest BCUT2D eigenvalue weighted by molar-refractivity contribution is 0.0686. The Balaban J connectivity index is 2.01. The molecular formula is C15H23N3O2. The van der Waals surface area contributed by atoms with E-state index in [1.54, 1.807) is 0 Å². The Labute approximate surface area is 120 Å². The average Bonchev–Trinajstić information content (AvgIpc) is 2.49. The monoisotopic (exact) mass is 277 g/mol. The molecule has 0 atom stereocenters. The molecule has 0 saturated carbocycles. The number of likely N-dealkylation sites (tertiary alicyclic amines) is 1. The second-order valence-corrected chi connectivity index (χ2v) is 5.67. The van der Waals surface area contributed by atoms with Gasteiger partial charge >= 0.3 is 5.97 Å². The summed E-state index contributed by atoms with van der Waals surface area (Å²) in [6, 6.07) is 0. The molecule has 2 rings (SSSR count). The first kappa shape index (κ1) is 14.9. The van der Waals surface area contributed by atoms with Crippen molar-refractivity contribution >= 4 is 5.97 Å². The van der Waals surface area contributed by atoms with Gasteiger partial charge in [-0.25, -0.2) is 14.8 Å². The van der Waals surface area contributed by atoms with Gasteiger partial charge in [0, 0.05) is 12.7 Å². The molecule has 0 amide bonds. The number of hydrogen-bond donors (Lipinski definition) is 1. The average molecular weight is 277 g/mol. The van der Waals surface area contributed by atoms with Gasteiger partial charge in [0.05, 0.1) is 5.69 Å². The Morgan fingerprint density at radius 1 is 1.35 bits per heavy atom. The van der Waals surface area contributed by atoms with E-state index in [4.69, 9.17) is 5.11 Å². The zero-order valence-electron chi connectivity index (χ0n) is 12.3. The van der Waals surface area contributed by atoms with Crippen LogP contribution in [0.1, 0.15) is 55.6 Å². The van der Waals surface area contributed by atoms with Gasteiger partial charge < -0.3 is 5.11 Å². The van der Waals surface area contributed by atoms with Crippen LogP contribution >= 0.6 is 0 Å². The number of hydrogen-bond acceptors (Lipinski definition) is 4. The number of carboxylic acid groups (broad SMARTS) is 1. The summed E-state index contributed by atoms with van der Waals surface area (Å²) in [4.78, 5) is 21.4. The smallest absolute Gasteiger partial charge is 0.339 e. The molecule has 1 N–H and O–H groups in total. The molecule has 0 aliphatic carbocycles. The molecule has 2 heterocycles. The van der Waals surface area contributed by atoms with Crippen LogP contribution in [0.15, 0.2) is 12.5 Å². The number of nitrogens with zero attached hydrogens (tertiary/aromatic N) is 3. The van der Waals surface area contributed by atoms with Crippen molar-refractivity contribution in [1.82, 2.24) is 14.9 Å². The van der Waals surface area contributed by atoms with Crippen molar-refractivity contribution in [3.8, 4) is 0 Å². The largest absolute Gasteiger partial charge is 0.478 e. The molecule has 5 nitrogen and oxygen atoms in total. The maximum Gasteiger partial charge on any atom is 0.339 e. The quantitative estimate of drug-likeness (QED) is 0.896. The lowest BCUT2D eigenvalue weighted by Gasteiger charge is -2.41. The highest BCUT2D eigenvalue weighted by Crippen LogP contribution is 2.38. The minimum Gasteiger partial charge on any atom is -0.478 e. The Morgan fingerprint density at radius 3 is 2.55 bits per heavy atom. The van der Waals surface area contributed by atoms with Gasteiger partial charge in [0.2, 0.25) is 0 Å². The molecule has 1 fully saturated rings. The topological polar surface area (TPSA) is 66.3 Å². The van der Waals surface area contributed by atoms with Crippen LogP contribution in [0.3, 0.4) is 0 Å². The fourth-order valence-corrected chi connectivity index (χ4v) is 3.01. The zero-order valence-corrected chi connectivity index (χ0v) is 12.3. The number of aromatic nitrogens is 2. The van der Waals surface area contributed by atoms with Crippen molar-refractivity contribution < 1.29 is 9.90 Å². The van der Waals surface area contributed by atoms with Crippen LogP contribution in [0.2, 0.25) is 0 Å². The third kappa shape index (κ3) is 3.15. The van der Waals surface area contributed by atoms with Gasteiger partial charge in [0.25, 0.3) is 0 Å². The van der Waals surface area contributed by atoms with E-state index < -0.39 is 5.97 Å². The molecule has 20 heavy (non-hydrogen) atoms. The summed E-state index contributed by atoms with van der Waals surface area (Å²) >= 11 is 0. The normalized spacial score (nSPS) is 18.9. The molecule has 1 aromatic heterocycles. The van der Waals surface area contributed by atoms with E-state index in [0.29, 0.717) is 17.7 Å². The second-order valence-electron chi connectivity index (χ2n) is 5.67. The highest BCUT2D eigenvalue weighted by atomic mass is 16.4. The van der Waals surface area contributed by atoms with Crippen LogP contribution in [0.25, 0.3) is 0 Å². The Hall–Kier alpha value is -1.49. The maximum absolute atomic E-state index is 11.2. The van der Waals surface area contributed by atoms with Crippen molar-refractivity contribution in [3.05, 3.63) is 23.8 Å². The van der Waals surface area contributed by atoms with Crippen LogP contribution in [-0.4, -0.2) is 39.0 Å². The predicted molar refractivity (Wildman–Crippen MR) is 76.5 cm³/mol. The number of piperidine rings is 1. The van der Waals surface area contributed by atoms with Crippen molar-refractivity contribution in [2.45, 2.75) is 46.1 Å². The second kappa shape index (κ2) is 6.31. The molecule has 0 aromatic carbocycles. The highest BCUT2D eigenvalue weighted by molar-refractivity contribution is 5.88. The first-order valence-electron chi connectivity index (χ1n) is 7.35. The van der Waals surface area contributed by atoms with E-state index in [9.17, 15) is 4.79 Å². The van der Waals surface area contributed by atoms with Gasteiger partial charge in [-0.2, -0.15) is 0 Å². The fourth-order valence-electron chi connectivity index (χ4n) is 3.01. The van der Waals surface area contributed by atoms with Gasteiger partial charge in [-0.3, -0.25) is 4.90 Å². The standard InChI is InChI=1S/C15H23N3O2/c1-3-15(4-2)5-7-18(8-6-15)10-13-12(14(19)20)9-16-11-17-13/h9,11H,3-8,10H2,1-2H3,(H,19,20). The molecule has 5 heteroatoms. The Kier molecular flexibility index (Phi) is 4.70. The summed E-state index contributed by atoms with van der Waals surface area (Å²) in [5.74, 6) is -0.950. The number of aromatic carboxylic acids is 1. The summed E-state index contributed by atoms with van der Waals surface area (Å²) < 4.78 is 0. The third-order valence-electron chi connectivity index (χ3n) is 4.82. The lowest BCUT2D eigenvalue weighted by Crippen LogP contribution is -2.39. The molecule has 0 bridgehead atoms. The van der Waals surface area contributed by atoms with Crippen molar-refractivity contribution in [1.29, 1.82) is 0 Å². The lowest BCUT2D eigenvalue weighted by atomic mass is 9.74. The summed E-state index contributed by atoms with van der Waals surface area (Å²) in [6.07, 6.45) is 7.64. The molecular weight excluding hydrogens is 254 g/mol. The SMILES string of the molecule is CCC1(CC)CCN(Cc2ncncc2C(=O)O)CC1. The minimum atomic E-state index is -0.950. The van der Waals surface area contributed by atoms with E-state index in [2.05, 4.69) is 28.7 Å². The first-order valence-corrected chi connectivity index (χ1v) is 7.35. The molecule has 0 radical (unpaired) electrons. The number of carboxylic acids is 1. The zero-order chi connectivity index (χ0) is 14.6. The molecule has 0 spiro atoms. The summed E-state index contributed by atoms with van der Waals surface area (Å²) in [5.41, 5.74) is 1.32. The van der Waals surface area contributed by atoms with E-state index in [-0.39, 0.29) is 5.56 Å². The van der Waals surface area contributed by atoms with E-state index in [1.165, 1.54) is 38.2 Å². The van der Waals surface area contributed by atoms with Gasteiger partial charge in [0.15, 0.2) is 0 Å². The number of rotatable bonds is 5. The van der Waals surface area contributed by atoms with Crippen LogP contribution in [0.4, 0.5) is 0 Å². The highest BCUT2D eigenvalue weighted by Gasteiger charge is 2.31. The molecule has 1 aliphatic rings. The third-order valence-corrected chi connectivity index (χ3v) is 4.82. The predicted octanol–water partition coefficient (Wildman–Crippen LogP) is 2.58. The van der Waals surface area contributed by atoms with E-state index in [0.717, 1.165) is 13.1 Å². The Morgan fingerprint density at radius 2 is 2.00 bits per heavy atom. The van der Waals surface area contributed by atoms with Crippen LogP contribution < -0.4 is 0 Å². The van der Waals surface area contributed by atoms with Gasteiger partial charge in [-0.15, -0.1) is 0 Å². The maximum atomic E-state index is 11.2. The van der Waals surface area contributed by atoms with Gasteiger partial charge in [0.1, 0.15) is 11.9 Å². The molecule has 1 aliphatic heterocycles. The molecule has 1 aromatic rings. The fraction of sp³-hybridized carbons (Fsp3) is 0.667. The van der Waals surface area contributed by atoms with E-state index >= 15 is 0 Å².